The lowest BCUT2D eigenvalue weighted by atomic mass is 10.1. The maximum atomic E-state index is 11.8. The van der Waals surface area contributed by atoms with Crippen molar-refractivity contribution in [2.75, 3.05) is 25.0 Å². The first-order valence-corrected chi connectivity index (χ1v) is 10.8. The fourth-order valence-corrected chi connectivity index (χ4v) is 2.92. The number of hydrogen-bond donors (Lipinski definition) is 4. The number of aliphatic carboxylic acids is 1. The normalized spacial score (nSPS) is 10.6. The Balaban J connectivity index is 1.85. The molecule has 0 aliphatic rings. The summed E-state index contributed by atoms with van der Waals surface area (Å²) in [6.45, 7) is 2.10. The van der Waals surface area contributed by atoms with Crippen molar-refractivity contribution in [2.24, 2.45) is 0 Å². The second-order valence-electron chi connectivity index (χ2n) is 7.30. The number of hydrogen-bond acceptors (Lipinski definition) is 5. The highest BCUT2D eigenvalue weighted by Crippen LogP contribution is 2.07. The van der Waals surface area contributed by atoms with Crippen molar-refractivity contribution in [1.82, 2.24) is 10.4 Å². The van der Waals surface area contributed by atoms with Gasteiger partial charge in [0.1, 0.15) is 0 Å². The molecule has 0 aromatic heterocycles. The van der Waals surface area contributed by atoms with Gasteiger partial charge in [0.2, 0.25) is 11.8 Å². The average Bonchev–Trinajstić information content (AvgIpc) is 2.73. The molecule has 0 saturated heterocycles. The molecule has 0 spiro atoms. The first kappa shape index (κ1) is 25.6. The Morgan fingerprint density at radius 1 is 0.800 bits per heavy atom. The van der Waals surface area contributed by atoms with Gasteiger partial charge in [0.15, 0.2) is 0 Å². The van der Waals surface area contributed by atoms with Gasteiger partial charge in [-0.15, -0.1) is 0 Å². The van der Waals surface area contributed by atoms with Crippen molar-refractivity contribution in [1.29, 1.82) is 0 Å². The summed E-state index contributed by atoms with van der Waals surface area (Å²) in [6.07, 6.45) is 6.66. The molecule has 0 radical (unpaired) electrons. The molecule has 0 atom stereocenters. The van der Waals surface area contributed by atoms with Gasteiger partial charge in [-0.1, -0.05) is 37.5 Å². The van der Waals surface area contributed by atoms with E-state index in [1.165, 1.54) is 0 Å². The number of hydroxylamine groups is 2. The second-order valence-corrected chi connectivity index (χ2v) is 7.30. The number of carboxylic acid groups (broad SMARTS) is 1. The molecule has 168 valence electrons. The maximum absolute atomic E-state index is 11.8. The minimum atomic E-state index is -1.04. The molecule has 4 N–H and O–H groups in total. The van der Waals surface area contributed by atoms with E-state index in [1.807, 2.05) is 30.3 Å². The van der Waals surface area contributed by atoms with Crippen molar-refractivity contribution < 1.29 is 24.7 Å². The van der Waals surface area contributed by atoms with Crippen molar-refractivity contribution in [3.63, 3.8) is 0 Å². The standard InChI is InChI=1S/C22H35N3O5/c26-20(24-19-11-5-3-6-12-19)13-7-4-9-17-23-16-8-1-2-10-18-25(30)21(27)14-15-22(28)29/h3,5-6,11-12,23,30H,1-2,4,7-10,13-18H2,(H,24,26)(H,28,29). The zero-order valence-corrected chi connectivity index (χ0v) is 17.6. The highest BCUT2D eigenvalue weighted by atomic mass is 16.5. The number of para-hydroxylation sites is 1. The summed E-state index contributed by atoms with van der Waals surface area (Å²) in [5.41, 5.74) is 0.834. The lowest BCUT2D eigenvalue weighted by molar-refractivity contribution is -0.166. The van der Waals surface area contributed by atoms with Crippen LogP contribution in [0.15, 0.2) is 30.3 Å². The summed E-state index contributed by atoms with van der Waals surface area (Å²) >= 11 is 0. The van der Waals surface area contributed by atoms with Gasteiger partial charge in [0.05, 0.1) is 6.42 Å². The molecular formula is C22H35N3O5. The largest absolute Gasteiger partial charge is 0.481 e. The number of carboxylic acids is 1. The van der Waals surface area contributed by atoms with Gasteiger partial charge >= 0.3 is 5.97 Å². The van der Waals surface area contributed by atoms with Crippen LogP contribution in [-0.2, 0) is 14.4 Å². The molecule has 8 heteroatoms. The second kappa shape index (κ2) is 16.4. The lowest BCUT2D eigenvalue weighted by Crippen LogP contribution is -2.28. The van der Waals surface area contributed by atoms with E-state index in [9.17, 15) is 19.6 Å². The van der Waals surface area contributed by atoms with E-state index in [4.69, 9.17) is 5.11 Å². The van der Waals surface area contributed by atoms with Crippen LogP contribution < -0.4 is 10.6 Å². The number of benzene rings is 1. The van der Waals surface area contributed by atoms with E-state index in [0.717, 1.165) is 57.3 Å². The number of carbonyl (C=O) groups excluding carboxylic acids is 2. The molecule has 0 saturated carbocycles. The summed E-state index contributed by atoms with van der Waals surface area (Å²) < 4.78 is 0. The van der Waals surface area contributed by atoms with E-state index in [2.05, 4.69) is 10.6 Å². The van der Waals surface area contributed by atoms with Crippen LogP contribution in [0.5, 0.6) is 0 Å². The van der Waals surface area contributed by atoms with E-state index >= 15 is 0 Å². The third-order valence-corrected chi connectivity index (χ3v) is 4.63. The third-order valence-electron chi connectivity index (χ3n) is 4.63. The van der Waals surface area contributed by atoms with E-state index in [0.29, 0.717) is 17.9 Å². The van der Waals surface area contributed by atoms with Gasteiger partial charge in [0, 0.05) is 25.1 Å². The maximum Gasteiger partial charge on any atom is 0.303 e. The Labute approximate surface area is 178 Å². The van der Waals surface area contributed by atoms with Gasteiger partial charge < -0.3 is 15.7 Å². The van der Waals surface area contributed by atoms with Gasteiger partial charge in [-0.3, -0.25) is 19.6 Å². The van der Waals surface area contributed by atoms with Gasteiger partial charge in [-0.25, -0.2) is 5.06 Å². The summed E-state index contributed by atoms with van der Waals surface area (Å²) in [6, 6.07) is 9.47. The highest BCUT2D eigenvalue weighted by Gasteiger charge is 2.11. The molecule has 2 amide bonds. The van der Waals surface area contributed by atoms with Crippen LogP contribution in [0.1, 0.15) is 64.2 Å². The zero-order chi connectivity index (χ0) is 22.0. The van der Waals surface area contributed by atoms with Crippen LogP contribution in [0.25, 0.3) is 0 Å². The smallest absolute Gasteiger partial charge is 0.303 e. The summed E-state index contributed by atoms with van der Waals surface area (Å²) in [5, 5.41) is 25.0. The number of rotatable bonds is 17. The molecule has 0 heterocycles. The minimum Gasteiger partial charge on any atom is -0.481 e. The fraction of sp³-hybridized carbons (Fsp3) is 0.591. The molecule has 0 aliphatic carbocycles. The number of amides is 2. The molecule has 1 rings (SSSR count). The molecule has 0 bridgehead atoms. The summed E-state index contributed by atoms with van der Waals surface area (Å²) in [5.74, 6) is -1.53. The predicted molar refractivity (Wildman–Crippen MR) is 115 cm³/mol. The molecule has 30 heavy (non-hydrogen) atoms. The van der Waals surface area contributed by atoms with Gasteiger partial charge in [-0.05, 0) is 50.9 Å². The number of unbranched alkanes of at least 4 members (excludes halogenated alkanes) is 5. The summed E-state index contributed by atoms with van der Waals surface area (Å²) in [7, 11) is 0. The SMILES string of the molecule is O=C(O)CCC(=O)N(O)CCCCCCNCCCCCC(=O)Nc1ccccc1. The molecule has 1 aromatic rings. The summed E-state index contributed by atoms with van der Waals surface area (Å²) in [4.78, 5) is 33.7. The predicted octanol–water partition coefficient (Wildman–Crippen LogP) is 3.42. The number of nitrogens with one attached hydrogen (secondary N) is 2. The fourth-order valence-electron chi connectivity index (χ4n) is 2.92. The Morgan fingerprint density at radius 2 is 1.43 bits per heavy atom. The van der Waals surface area contributed by atoms with Crippen molar-refractivity contribution in [3.8, 4) is 0 Å². The highest BCUT2D eigenvalue weighted by molar-refractivity contribution is 5.90. The number of nitrogens with zero attached hydrogens (tertiary/aromatic N) is 1. The Hall–Kier alpha value is -2.45. The van der Waals surface area contributed by atoms with Crippen molar-refractivity contribution >= 4 is 23.5 Å². The van der Waals surface area contributed by atoms with E-state index < -0.39 is 11.9 Å². The van der Waals surface area contributed by atoms with Crippen molar-refractivity contribution in [2.45, 2.75) is 64.2 Å². The molecule has 0 unspecified atom stereocenters. The quantitative estimate of drug-likeness (QED) is 0.174. The van der Waals surface area contributed by atoms with Crippen molar-refractivity contribution in [3.05, 3.63) is 30.3 Å². The Bertz CT molecular complexity index is 624. The van der Waals surface area contributed by atoms with Crippen LogP contribution >= 0.6 is 0 Å². The first-order chi connectivity index (χ1) is 14.5. The number of carbonyl (C=O) groups is 3. The Kier molecular flexibility index (Phi) is 14.0. The molecule has 8 nitrogen and oxygen atoms in total. The van der Waals surface area contributed by atoms with Gasteiger partial charge in [0.25, 0.3) is 0 Å². The van der Waals surface area contributed by atoms with Crippen LogP contribution in [0.2, 0.25) is 0 Å². The van der Waals surface area contributed by atoms with Gasteiger partial charge in [-0.2, -0.15) is 0 Å². The topological polar surface area (TPSA) is 119 Å². The Morgan fingerprint density at radius 3 is 2.10 bits per heavy atom. The van der Waals surface area contributed by atoms with Crippen LogP contribution in [0, 0.1) is 0 Å². The first-order valence-electron chi connectivity index (χ1n) is 10.8. The van der Waals surface area contributed by atoms with Crippen LogP contribution in [0.4, 0.5) is 5.69 Å². The molecule has 0 fully saturated rings. The number of anilines is 1. The monoisotopic (exact) mass is 421 g/mol. The lowest BCUT2D eigenvalue weighted by Gasteiger charge is -2.14. The molecule has 1 aromatic carbocycles. The van der Waals surface area contributed by atoms with Crippen LogP contribution in [0.3, 0.4) is 0 Å². The van der Waals surface area contributed by atoms with E-state index in [1.54, 1.807) is 0 Å². The van der Waals surface area contributed by atoms with E-state index in [-0.39, 0.29) is 25.3 Å². The minimum absolute atomic E-state index is 0.0548. The molecule has 0 aliphatic heterocycles. The molecular weight excluding hydrogens is 386 g/mol. The van der Waals surface area contributed by atoms with Crippen LogP contribution in [-0.4, -0.2) is 52.8 Å². The third kappa shape index (κ3) is 13.7. The zero-order valence-electron chi connectivity index (χ0n) is 17.6. The average molecular weight is 422 g/mol.